The van der Waals surface area contributed by atoms with Gasteiger partial charge in [0.15, 0.2) is 5.60 Å². The normalized spacial score (nSPS) is 16.4. The molecule has 17 heavy (non-hydrogen) atoms. The lowest BCUT2D eigenvalue weighted by atomic mass is 9.91. The lowest BCUT2D eigenvalue weighted by Crippen LogP contribution is -2.49. The van der Waals surface area contributed by atoms with Crippen molar-refractivity contribution in [1.29, 1.82) is 0 Å². The van der Waals surface area contributed by atoms with Crippen molar-refractivity contribution in [3.05, 3.63) is 0 Å². The van der Waals surface area contributed by atoms with E-state index in [-0.39, 0.29) is 18.3 Å². The Morgan fingerprint density at radius 1 is 1.41 bits per heavy atom. The van der Waals surface area contributed by atoms with Crippen LogP contribution in [0.4, 0.5) is 0 Å². The first kappa shape index (κ1) is 16.6. The van der Waals surface area contributed by atoms with Crippen LogP contribution in [0.5, 0.6) is 0 Å². The lowest BCUT2D eigenvalue weighted by molar-refractivity contribution is -0.171. The molecule has 0 heterocycles. The fourth-order valence-electron chi connectivity index (χ4n) is 1.50. The second-order valence-corrected chi connectivity index (χ2v) is 5.62. The molecule has 0 aromatic carbocycles. The summed E-state index contributed by atoms with van der Waals surface area (Å²) in [5.41, 5.74) is -1.77. The Hall–Kier alpha value is -0.420. The van der Waals surface area contributed by atoms with Crippen LogP contribution in [0.15, 0.2) is 0 Å². The maximum absolute atomic E-state index is 11.9. The van der Waals surface area contributed by atoms with Crippen LogP contribution in [0, 0.1) is 0 Å². The van der Waals surface area contributed by atoms with Crippen LogP contribution in [-0.4, -0.2) is 33.4 Å². The molecule has 0 aliphatic rings. The average molecular weight is 309 g/mol. The zero-order valence-electron chi connectivity index (χ0n) is 10.8. The second kappa shape index (κ2) is 7.11. The summed E-state index contributed by atoms with van der Waals surface area (Å²) in [6.45, 7) is 6.69. The van der Waals surface area contributed by atoms with Crippen LogP contribution in [0.1, 0.15) is 47.0 Å². The number of alkyl halides is 1. The van der Waals surface area contributed by atoms with Crippen LogP contribution in [0.3, 0.4) is 0 Å². The Bertz CT molecular complexity index is 278. The number of esters is 1. The molecule has 0 saturated heterocycles. The molecule has 2 atom stereocenters. The number of hydrogen-bond donors (Lipinski definition) is 1. The van der Waals surface area contributed by atoms with Gasteiger partial charge in [-0.3, -0.25) is 4.79 Å². The molecule has 0 amide bonds. The van der Waals surface area contributed by atoms with Crippen LogP contribution >= 0.6 is 15.9 Å². The van der Waals surface area contributed by atoms with E-state index >= 15 is 0 Å². The minimum atomic E-state index is -1.77. The Morgan fingerprint density at radius 3 is 2.29 bits per heavy atom. The molecule has 0 radical (unpaired) electrons. The number of rotatable bonds is 7. The van der Waals surface area contributed by atoms with Crippen LogP contribution in [0.25, 0.3) is 0 Å². The Kier molecular flexibility index (Phi) is 6.94. The maximum atomic E-state index is 11.9. The van der Waals surface area contributed by atoms with E-state index in [2.05, 4.69) is 15.9 Å². The summed E-state index contributed by atoms with van der Waals surface area (Å²) in [6, 6.07) is 0. The molecular weight excluding hydrogens is 288 g/mol. The van der Waals surface area contributed by atoms with Crippen LogP contribution in [0.2, 0.25) is 0 Å². The fraction of sp³-hybridized carbons (Fsp3) is 0.833. The summed E-state index contributed by atoms with van der Waals surface area (Å²) < 4.78 is 5.01. The van der Waals surface area contributed by atoms with Gasteiger partial charge in [0.2, 0.25) is 0 Å². The number of ketones is 1. The molecule has 0 fully saturated rings. The molecule has 0 bridgehead atoms. The van der Waals surface area contributed by atoms with Gasteiger partial charge in [-0.1, -0.05) is 29.3 Å². The first-order chi connectivity index (χ1) is 7.74. The van der Waals surface area contributed by atoms with Crippen molar-refractivity contribution in [3.63, 3.8) is 0 Å². The van der Waals surface area contributed by atoms with Gasteiger partial charge in [0.1, 0.15) is 5.78 Å². The third kappa shape index (κ3) is 5.17. The molecule has 0 spiro atoms. The molecule has 1 N–H and O–H groups in total. The van der Waals surface area contributed by atoms with Gasteiger partial charge >= 0.3 is 5.97 Å². The van der Waals surface area contributed by atoms with Gasteiger partial charge < -0.3 is 9.84 Å². The quantitative estimate of drug-likeness (QED) is 0.578. The average Bonchev–Trinajstić information content (AvgIpc) is 2.15. The highest BCUT2D eigenvalue weighted by Crippen LogP contribution is 2.28. The summed E-state index contributed by atoms with van der Waals surface area (Å²) in [5.74, 6) is -0.980. The van der Waals surface area contributed by atoms with Gasteiger partial charge in [0, 0.05) is 6.42 Å². The van der Waals surface area contributed by atoms with Crippen molar-refractivity contribution in [3.8, 4) is 0 Å². The number of Topliss-reactive ketones (excluding diaryl/α,β-unsaturated/α-hetero) is 1. The Labute approximate surface area is 111 Å². The maximum Gasteiger partial charge on any atom is 0.340 e. The molecule has 100 valence electrons. The lowest BCUT2D eigenvalue weighted by Gasteiger charge is -2.30. The van der Waals surface area contributed by atoms with Gasteiger partial charge in [-0.05, 0) is 27.2 Å². The monoisotopic (exact) mass is 308 g/mol. The number of aliphatic hydroxyl groups is 1. The SMILES string of the molecule is CCC[C@@H](Br)[C@@](O)(CC(C)=O)C(=O)OC(C)C. The molecule has 0 rings (SSSR count). The number of carbonyl (C=O) groups is 2. The Morgan fingerprint density at radius 2 is 1.94 bits per heavy atom. The molecular formula is C12H21BrO4. The zero-order chi connectivity index (χ0) is 13.6. The van der Waals surface area contributed by atoms with Gasteiger partial charge in [0.25, 0.3) is 0 Å². The number of ether oxygens (including phenoxy) is 1. The topological polar surface area (TPSA) is 63.6 Å². The zero-order valence-corrected chi connectivity index (χ0v) is 12.4. The third-order valence-electron chi connectivity index (χ3n) is 2.27. The fourth-order valence-corrected chi connectivity index (χ4v) is 2.31. The van der Waals surface area contributed by atoms with Crippen molar-refractivity contribution in [2.45, 2.75) is 63.5 Å². The third-order valence-corrected chi connectivity index (χ3v) is 3.49. The summed E-state index contributed by atoms with van der Waals surface area (Å²) in [7, 11) is 0. The van der Waals surface area contributed by atoms with E-state index in [0.717, 1.165) is 6.42 Å². The summed E-state index contributed by atoms with van der Waals surface area (Å²) in [5, 5.41) is 10.4. The molecule has 0 saturated carbocycles. The number of hydrogen-bond acceptors (Lipinski definition) is 4. The van der Waals surface area contributed by atoms with Crippen LogP contribution in [-0.2, 0) is 14.3 Å². The van der Waals surface area contributed by atoms with Crippen molar-refractivity contribution in [1.82, 2.24) is 0 Å². The predicted molar refractivity (Wildman–Crippen MR) is 69.1 cm³/mol. The summed E-state index contributed by atoms with van der Waals surface area (Å²) in [6.07, 6.45) is 0.846. The van der Waals surface area contributed by atoms with E-state index in [0.29, 0.717) is 6.42 Å². The number of halogens is 1. The van der Waals surface area contributed by atoms with E-state index in [4.69, 9.17) is 4.74 Å². The smallest absolute Gasteiger partial charge is 0.340 e. The molecule has 0 aromatic rings. The van der Waals surface area contributed by atoms with Gasteiger partial charge in [-0.15, -0.1) is 0 Å². The highest BCUT2D eigenvalue weighted by Gasteiger charge is 2.45. The highest BCUT2D eigenvalue weighted by atomic mass is 79.9. The van der Waals surface area contributed by atoms with E-state index in [1.54, 1.807) is 13.8 Å². The number of carbonyl (C=O) groups excluding carboxylic acids is 2. The highest BCUT2D eigenvalue weighted by molar-refractivity contribution is 9.09. The van der Waals surface area contributed by atoms with Crippen molar-refractivity contribution in [2.24, 2.45) is 0 Å². The largest absolute Gasteiger partial charge is 0.461 e. The van der Waals surface area contributed by atoms with Crippen LogP contribution < -0.4 is 0 Å². The van der Waals surface area contributed by atoms with E-state index in [1.807, 2.05) is 6.92 Å². The molecule has 0 aliphatic heterocycles. The van der Waals surface area contributed by atoms with E-state index < -0.39 is 16.4 Å². The molecule has 0 aliphatic carbocycles. The van der Waals surface area contributed by atoms with Gasteiger partial charge in [-0.25, -0.2) is 4.79 Å². The molecule has 4 nitrogen and oxygen atoms in total. The second-order valence-electron chi connectivity index (χ2n) is 4.51. The van der Waals surface area contributed by atoms with Crippen molar-refractivity contribution < 1.29 is 19.4 Å². The summed E-state index contributed by atoms with van der Waals surface area (Å²) in [4.78, 5) is 22.6. The molecule has 0 unspecified atom stereocenters. The van der Waals surface area contributed by atoms with E-state index in [9.17, 15) is 14.7 Å². The van der Waals surface area contributed by atoms with Crippen molar-refractivity contribution >= 4 is 27.7 Å². The predicted octanol–water partition coefficient (Wildman–Crippen LogP) is 2.21. The first-order valence-electron chi connectivity index (χ1n) is 5.81. The summed E-state index contributed by atoms with van der Waals surface area (Å²) >= 11 is 3.28. The molecule has 0 aromatic heterocycles. The van der Waals surface area contributed by atoms with Gasteiger partial charge in [0.05, 0.1) is 10.9 Å². The van der Waals surface area contributed by atoms with Crippen molar-refractivity contribution in [2.75, 3.05) is 0 Å². The minimum Gasteiger partial charge on any atom is -0.461 e. The standard InChI is InChI=1S/C12H21BrO4/c1-5-6-10(13)12(16,7-9(4)14)11(15)17-8(2)3/h8,10,16H,5-7H2,1-4H3/t10-,12+/m1/s1. The van der Waals surface area contributed by atoms with Gasteiger partial charge in [-0.2, -0.15) is 0 Å². The molecule has 5 heteroatoms. The minimum absolute atomic E-state index is 0.228. The first-order valence-corrected chi connectivity index (χ1v) is 6.72. The van der Waals surface area contributed by atoms with E-state index in [1.165, 1.54) is 6.92 Å². The Balaban J connectivity index is 4.94.